The van der Waals surface area contributed by atoms with Crippen LogP contribution in [-0.4, -0.2) is 25.8 Å². The summed E-state index contributed by atoms with van der Waals surface area (Å²) in [6.45, 7) is 0. The summed E-state index contributed by atoms with van der Waals surface area (Å²) in [5.41, 5.74) is -0.574. The highest BCUT2D eigenvalue weighted by Gasteiger charge is 2.16. The molecule has 0 atom stereocenters. The van der Waals surface area contributed by atoms with Crippen LogP contribution in [-0.2, 0) is 0 Å². The van der Waals surface area contributed by atoms with E-state index in [9.17, 15) is 14.7 Å². The minimum atomic E-state index is -1.19. The van der Waals surface area contributed by atoms with Crippen LogP contribution in [0, 0.1) is 0 Å². The summed E-state index contributed by atoms with van der Waals surface area (Å²) in [5, 5.41) is 13.8. The summed E-state index contributed by atoms with van der Waals surface area (Å²) >= 11 is 0. The Labute approximate surface area is 112 Å². The van der Waals surface area contributed by atoms with Gasteiger partial charge in [-0.3, -0.25) is 4.79 Å². The Kier molecular flexibility index (Phi) is 2.76. The van der Waals surface area contributed by atoms with E-state index in [0.29, 0.717) is 10.8 Å². The van der Waals surface area contributed by atoms with Gasteiger partial charge in [0.15, 0.2) is 11.5 Å². The number of hydrogen-bond donors (Lipinski definition) is 1. The van der Waals surface area contributed by atoms with E-state index < -0.39 is 11.5 Å². The summed E-state index contributed by atoms with van der Waals surface area (Å²) in [5.74, 6) is -0.906. The van der Waals surface area contributed by atoms with Gasteiger partial charge in [-0.15, -0.1) is 0 Å². The molecule has 98 valence electrons. The summed E-state index contributed by atoms with van der Waals surface area (Å²) in [6.07, 6.45) is 1.51. The lowest BCUT2D eigenvalue weighted by Gasteiger charge is -2.07. The Morgan fingerprint density at radius 1 is 1.05 bits per heavy atom. The molecule has 0 saturated heterocycles. The number of pyridine rings is 1. The molecule has 0 spiro atoms. The van der Waals surface area contributed by atoms with Crippen molar-refractivity contribution in [3.63, 3.8) is 0 Å². The first kappa shape index (κ1) is 12.0. The largest absolute Gasteiger partial charge is 0.476 e. The molecule has 0 fully saturated rings. The number of fused-ring (bicyclic) bond motifs is 1. The van der Waals surface area contributed by atoms with Gasteiger partial charge in [-0.2, -0.15) is 9.78 Å². The minimum absolute atomic E-state index is 0.175. The first-order valence-corrected chi connectivity index (χ1v) is 5.85. The van der Waals surface area contributed by atoms with Crippen LogP contribution in [0.15, 0.2) is 53.5 Å². The molecule has 20 heavy (non-hydrogen) atoms. The lowest BCUT2D eigenvalue weighted by atomic mass is 10.1. The van der Waals surface area contributed by atoms with Crippen molar-refractivity contribution in [3.05, 3.63) is 64.7 Å². The van der Waals surface area contributed by atoms with E-state index >= 15 is 0 Å². The average molecular weight is 267 g/mol. The van der Waals surface area contributed by atoms with Gasteiger partial charge >= 0.3 is 5.97 Å². The maximum absolute atomic E-state index is 12.4. The maximum Gasteiger partial charge on any atom is 0.357 e. The Balaban J connectivity index is 2.43. The van der Waals surface area contributed by atoms with E-state index in [1.54, 1.807) is 42.5 Å². The molecule has 0 aliphatic heterocycles. The van der Waals surface area contributed by atoms with E-state index in [0.717, 1.165) is 4.68 Å². The molecular weight excluding hydrogens is 258 g/mol. The highest BCUT2D eigenvalue weighted by atomic mass is 16.4. The molecule has 0 aliphatic carbocycles. The SMILES string of the molecule is O=C(O)c1nn(-c2ccccn2)c(=O)c2ccccc12. The Morgan fingerprint density at radius 3 is 2.40 bits per heavy atom. The Bertz CT molecular complexity index is 856. The van der Waals surface area contributed by atoms with E-state index in [4.69, 9.17) is 0 Å². The van der Waals surface area contributed by atoms with Crippen LogP contribution in [0.4, 0.5) is 0 Å². The number of nitrogens with zero attached hydrogens (tertiary/aromatic N) is 3. The summed E-state index contributed by atoms with van der Waals surface area (Å²) in [4.78, 5) is 27.7. The van der Waals surface area contributed by atoms with E-state index in [2.05, 4.69) is 10.1 Å². The van der Waals surface area contributed by atoms with E-state index in [-0.39, 0.29) is 11.5 Å². The van der Waals surface area contributed by atoms with Gasteiger partial charge in [-0.25, -0.2) is 9.78 Å². The third kappa shape index (κ3) is 1.83. The van der Waals surface area contributed by atoms with E-state index in [1.807, 2.05) is 0 Å². The first-order valence-electron chi connectivity index (χ1n) is 5.85. The minimum Gasteiger partial charge on any atom is -0.476 e. The average Bonchev–Trinajstić information content (AvgIpc) is 2.48. The number of benzene rings is 1. The molecule has 0 amide bonds. The standard InChI is InChI=1S/C14H9N3O3/c18-13-10-6-2-1-5-9(10)12(14(19)20)16-17(13)11-7-3-4-8-15-11/h1-8H,(H,19,20). The van der Waals surface area contributed by atoms with Gasteiger partial charge in [0.2, 0.25) is 0 Å². The molecule has 0 saturated carbocycles. The second-order valence-electron chi connectivity index (χ2n) is 4.10. The Morgan fingerprint density at radius 2 is 1.75 bits per heavy atom. The van der Waals surface area contributed by atoms with Crippen molar-refractivity contribution < 1.29 is 9.90 Å². The molecule has 3 aromatic rings. The smallest absolute Gasteiger partial charge is 0.357 e. The van der Waals surface area contributed by atoms with Gasteiger partial charge in [0.1, 0.15) is 0 Å². The molecule has 0 aliphatic rings. The first-order chi connectivity index (χ1) is 9.68. The number of aromatic nitrogens is 3. The second kappa shape index (κ2) is 4.58. The van der Waals surface area contributed by atoms with Crippen LogP contribution < -0.4 is 5.56 Å². The lowest BCUT2D eigenvalue weighted by molar-refractivity contribution is 0.0691. The summed E-state index contributed by atoms with van der Waals surface area (Å²) < 4.78 is 1.01. The number of rotatable bonds is 2. The zero-order chi connectivity index (χ0) is 14.1. The van der Waals surface area contributed by atoms with Crippen molar-refractivity contribution in [3.8, 4) is 5.82 Å². The van der Waals surface area contributed by atoms with Crippen molar-refractivity contribution in [2.75, 3.05) is 0 Å². The number of carbonyl (C=O) groups is 1. The number of carboxylic acid groups (broad SMARTS) is 1. The van der Waals surface area contributed by atoms with Crippen molar-refractivity contribution in [2.45, 2.75) is 0 Å². The molecule has 0 unspecified atom stereocenters. The summed E-state index contributed by atoms with van der Waals surface area (Å²) in [6, 6.07) is 11.5. The van der Waals surface area contributed by atoms with Crippen LogP contribution in [0.3, 0.4) is 0 Å². The van der Waals surface area contributed by atoms with Crippen LogP contribution in [0.25, 0.3) is 16.6 Å². The van der Waals surface area contributed by atoms with Crippen molar-refractivity contribution in [2.24, 2.45) is 0 Å². The van der Waals surface area contributed by atoms with Crippen LogP contribution in [0.1, 0.15) is 10.5 Å². The van der Waals surface area contributed by atoms with Crippen LogP contribution in [0.5, 0.6) is 0 Å². The third-order valence-corrected chi connectivity index (χ3v) is 2.87. The summed E-state index contributed by atoms with van der Waals surface area (Å²) in [7, 11) is 0. The molecule has 2 heterocycles. The fourth-order valence-corrected chi connectivity index (χ4v) is 1.98. The number of carboxylic acids is 1. The monoisotopic (exact) mass is 267 g/mol. The molecule has 3 rings (SSSR count). The van der Waals surface area contributed by atoms with Gasteiger partial charge in [-0.05, 0) is 18.2 Å². The molecule has 1 aromatic carbocycles. The molecule has 6 nitrogen and oxygen atoms in total. The highest BCUT2D eigenvalue weighted by Crippen LogP contribution is 2.14. The molecule has 6 heteroatoms. The van der Waals surface area contributed by atoms with Crippen LogP contribution >= 0.6 is 0 Å². The van der Waals surface area contributed by atoms with Gasteiger partial charge in [-0.1, -0.05) is 24.3 Å². The molecular formula is C14H9N3O3. The fraction of sp³-hybridized carbons (Fsp3) is 0. The van der Waals surface area contributed by atoms with Crippen LogP contribution in [0.2, 0.25) is 0 Å². The van der Waals surface area contributed by atoms with Crippen molar-refractivity contribution in [1.82, 2.24) is 14.8 Å². The van der Waals surface area contributed by atoms with E-state index in [1.165, 1.54) is 6.20 Å². The number of hydrogen-bond acceptors (Lipinski definition) is 4. The zero-order valence-electron chi connectivity index (χ0n) is 10.2. The lowest BCUT2D eigenvalue weighted by Crippen LogP contribution is -2.25. The highest BCUT2D eigenvalue weighted by molar-refractivity contribution is 6.01. The van der Waals surface area contributed by atoms with Gasteiger partial charge < -0.3 is 5.11 Å². The second-order valence-corrected chi connectivity index (χ2v) is 4.10. The van der Waals surface area contributed by atoms with Gasteiger partial charge in [0.25, 0.3) is 5.56 Å². The molecule has 1 N–H and O–H groups in total. The molecule has 2 aromatic heterocycles. The quantitative estimate of drug-likeness (QED) is 0.760. The maximum atomic E-state index is 12.4. The predicted octanol–water partition coefficient (Wildman–Crippen LogP) is 1.48. The third-order valence-electron chi connectivity index (χ3n) is 2.87. The predicted molar refractivity (Wildman–Crippen MR) is 72.1 cm³/mol. The number of aromatic carboxylic acids is 1. The topological polar surface area (TPSA) is 85.1 Å². The Hall–Kier alpha value is -3.02. The van der Waals surface area contributed by atoms with Crippen molar-refractivity contribution >= 4 is 16.7 Å². The normalized spacial score (nSPS) is 10.6. The van der Waals surface area contributed by atoms with Gasteiger partial charge in [0.05, 0.1) is 5.39 Å². The molecule has 0 radical (unpaired) electrons. The fourth-order valence-electron chi connectivity index (χ4n) is 1.98. The molecule has 0 bridgehead atoms. The van der Waals surface area contributed by atoms with Crippen molar-refractivity contribution in [1.29, 1.82) is 0 Å². The zero-order valence-corrected chi connectivity index (χ0v) is 10.2. The van der Waals surface area contributed by atoms with Gasteiger partial charge in [0, 0.05) is 11.6 Å².